The number of aromatic nitrogens is 3. The van der Waals surface area contributed by atoms with Gasteiger partial charge in [-0.2, -0.15) is 9.97 Å². The Morgan fingerprint density at radius 3 is 2.72 bits per heavy atom. The molecule has 4 fully saturated rings. The van der Waals surface area contributed by atoms with Crippen LogP contribution in [0.1, 0.15) is 57.9 Å². The molecule has 3 aliphatic heterocycles. The summed E-state index contributed by atoms with van der Waals surface area (Å²) in [6.07, 6.45) is 13.4. The Morgan fingerprint density at radius 1 is 1.14 bits per heavy atom. The lowest BCUT2D eigenvalue weighted by atomic mass is 9.75. The standard InChI is InChI=1S/C44H48F2N6O6/c1-5-27-32(45)11-10-25-17-26(53)18-28(35(25)27)38-37(46)39-36(41(47-38)56-4)40(51-15-16-57-23-43(3,55)22-51)49-42(48-39)58-24-44-12-7-9-33(44)50(14-8-13-44)19-29-30-20-52(21-31(29)30)34(54)6-2/h1,10-11,17-18,20,29,31,33,53,55H,6-9,12-16,19,21-24H2,2-4H3/t29-,31+,33+,43-,44+/m0/s1. The molecule has 12 nitrogen and oxygen atoms in total. The molecule has 1 amide bonds. The van der Waals surface area contributed by atoms with Crippen molar-refractivity contribution in [1.29, 1.82) is 0 Å². The van der Waals surface area contributed by atoms with Crippen LogP contribution in [0.2, 0.25) is 0 Å². The second-order valence-electron chi connectivity index (χ2n) is 16.9. The maximum atomic E-state index is 17.4. The molecule has 0 unspecified atom stereocenters. The maximum absolute atomic E-state index is 17.4. The van der Waals surface area contributed by atoms with E-state index in [1.165, 1.54) is 36.9 Å². The van der Waals surface area contributed by atoms with Crippen LogP contribution in [0.4, 0.5) is 14.6 Å². The predicted molar refractivity (Wildman–Crippen MR) is 213 cm³/mol. The van der Waals surface area contributed by atoms with E-state index in [2.05, 4.69) is 22.0 Å². The molecule has 0 spiro atoms. The van der Waals surface area contributed by atoms with Gasteiger partial charge in [-0.05, 0) is 68.3 Å². The summed E-state index contributed by atoms with van der Waals surface area (Å²) < 4.78 is 50.6. The molecular weight excluding hydrogens is 747 g/mol. The summed E-state index contributed by atoms with van der Waals surface area (Å²) >= 11 is 0. The molecule has 304 valence electrons. The third-order valence-electron chi connectivity index (χ3n) is 13.0. The molecule has 58 heavy (non-hydrogen) atoms. The van der Waals surface area contributed by atoms with Crippen molar-refractivity contribution in [1.82, 2.24) is 24.8 Å². The first-order valence-electron chi connectivity index (χ1n) is 20.2. The minimum absolute atomic E-state index is 0.0209. The number of amides is 1. The molecule has 4 aromatic rings. The third-order valence-corrected chi connectivity index (χ3v) is 13.0. The molecule has 2 N–H and O–H groups in total. The quantitative estimate of drug-likeness (QED) is 0.199. The van der Waals surface area contributed by atoms with Gasteiger partial charge >= 0.3 is 6.01 Å². The van der Waals surface area contributed by atoms with Gasteiger partial charge in [0, 0.05) is 66.5 Å². The number of halogens is 2. The van der Waals surface area contributed by atoms with Gasteiger partial charge in [-0.3, -0.25) is 9.69 Å². The fourth-order valence-electron chi connectivity index (χ4n) is 10.2. The second-order valence-corrected chi connectivity index (χ2v) is 16.9. The van der Waals surface area contributed by atoms with Crippen molar-refractivity contribution >= 4 is 33.4 Å². The molecule has 0 radical (unpaired) electrons. The lowest BCUT2D eigenvalue weighted by Crippen LogP contribution is -2.52. The van der Waals surface area contributed by atoms with E-state index in [4.69, 9.17) is 30.6 Å². The van der Waals surface area contributed by atoms with Gasteiger partial charge in [0.25, 0.3) is 0 Å². The van der Waals surface area contributed by atoms with Crippen molar-refractivity contribution in [3.63, 3.8) is 0 Å². The number of hydrogen-bond donors (Lipinski definition) is 2. The number of β-amino-alcohol motifs (C(OH)–C–C–N with tert-alkyl or cyclic N) is 1. The fraction of sp³-hybridized carbons (Fsp3) is 0.500. The highest BCUT2D eigenvalue weighted by atomic mass is 19.1. The second kappa shape index (κ2) is 14.6. The number of terminal acetylenes is 1. The molecule has 2 saturated heterocycles. The van der Waals surface area contributed by atoms with E-state index in [-0.39, 0.29) is 87.6 Å². The first kappa shape index (κ1) is 38.4. The van der Waals surface area contributed by atoms with Crippen molar-refractivity contribution in [2.24, 2.45) is 17.3 Å². The zero-order chi connectivity index (χ0) is 40.5. The number of carbonyl (C=O) groups is 1. The monoisotopic (exact) mass is 794 g/mol. The van der Waals surface area contributed by atoms with Crippen LogP contribution in [0.15, 0.2) is 36.0 Å². The van der Waals surface area contributed by atoms with Gasteiger partial charge in [0.1, 0.15) is 39.6 Å². The highest BCUT2D eigenvalue weighted by Crippen LogP contribution is 2.54. The average Bonchev–Trinajstić information content (AvgIpc) is 3.48. The van der Waals surface area contributed by atoms with Crippen LogP contribution in [-0.4, -0.2) is 112 Å². The van der Waals surface area contributed by atoms with Crippen LogP contribution in [0, 0.1) is 41.2 Å². The number of hydrogen-bond acceptors (Lipinski definition) is 11. The zero-order valence-electron chi connectivity index (χ0n) is 33.1. The molecule has 2 aromatic carbocycles. The van der Waals surface area contributed by atoms with Crippen LogP contribution < -0.4 is 14.4 Å². The molecule has 2 saturated carbocycles. The number of ether oxygens (including phenoxy) is 3. The average molecular weight is 795 g/mol. The highest BCUT2D eigenvalue weighted by molar-refractivity contribution is 6.04. The Bertz CT molecular complexity index is 2400. The minimum atomic E-state index is -1.26. The van der Waals surface area contributed by atoms with E-state index >= 15 is 8.78 Å². The number of methoxy groups -OCH3 is 1. The normalized spacial score (nSPS) is 26.9. The Balaban J connectivity index is 1.10. The molecule has 14 heteroatoms. The molecule has 9 rings (SSSR count). The summed E-state index contributed by atoms with van der Waals surface area (Å²) in [5.74, 6) is 1.96. The van der Waals surface area contributed by atoms with E-state index in [1.807, 2.05) is 11.8 Å². The number of pyridine rings is 1. The van der Waals surface area contributed by atoms with Crippen molar-refractivity contribution in [2.75, 3.05) is 64.6 Å². The molecule has 2 aromatic heterocycles. The van der Waals surface area contributed by atoms with Crippen molar-refractivity contribution in [3.05, 3.63) is 53.2 Å². The topological polar surface area (TPSA) is 134 Å². The predicted octanol–water partition coefficient (Wildman–Crippen LogP) is 5.80. The number of rotatable bonds is 9. The van der Waals surface area contributed by atoms with Gasteiger partial charge in [-0.15, -0.1) is 6.42 Å². The number of fused-ring (bicyclic) bond motifs is 4. The minimum Gasteiger partial charge on any atom is -0.508 e. The van der Waals surface area contributed by atoms with Gasteiger partial charge in [-0.1, -0.05) is 25.3 Å². The Kier molecular flexibility index (Phi) is 9.68. The van der Waals surface area contributed by atoms with Gasteiger partial charge in [-0.25, -0.2) is 13.8 Å². The molecule has 5 aliphatic rings. The summed E-state index contributed by atoms with van der Waals surface area (Å²) in [4.78, 5) is 32.8. The highest BCUT2D eigenvalue weighted by Gasteiger charge is 2.54. The molecule has 5 atom stereocenters. The Labute approximate surface area is 335 Å². The molecule has 5 heterocycles. The zero-order valence-corrected chi connectivity index (χ0v) is 33.1. The Hall–Kier alpha value is -5.10. The summed E-state index contributed by atoms with van der Waals surface area (Å²) in [5, 5.41) is 22.7. The maximum Gasteiger partial charge on any atom is 0.319 e. The van der Waals surface area contributed by atoms with Crippen LogP contribution in [-0.2, 0) is 9.53 Å². The van der Waals surface area contributed by atoms with E-state index < -0.39 is 17.2 Å². The van der Waals surface area contributed by atoms with E-state index in [0.717, 1.165) is 51.7 Å². The van der Waals surface area contributed by atoms with E-state index in [0.29, 0.717) is 42.8 Å². The number of phenols is 1. The SMILES string of the molecule is C#Cc1c(F)ccc2cc(O)cc(-c3nc(OC)c4c(N5CCOC[C@@](C)(O)C5)nc(OC[C@]56CCC[C@H]5N(C[C@H]5C7=CN(C(=O)CC)C[C@@H]75)CCC6)nc4c3F)c12. The lowest BCUT2D eigenvalue weighted by Gasteiger charge is -2.46. The van der Waals surface area contributed by atoms with E-state index in [9.17, 15) is 15.0 Å². The molecule has 0 bridgehead atoms. The molecular formula is C44H48F2N6O6. The summed E-state index contributed by atoms with van der Waals surface area (Å²) in [5.41, 5.74) is -0.489. The summed E-state index contributed by atoms with van der Waals surface area (Å²) in [6.45, 7) is 7.43. The van der Waals surface area contributed by atoms with Gasteiger partial charge in [0.15, 0.2) is 5.82 Å². The van der Waals surface area contributed by atoms with Gasteiger partial charge in [0.05, 0.1) is 39.0 Å². The lowest BCUT2D eigenvalue weighted by molar-refractivity contribution is -0.128. The number of benzene rings is 2. The van der Waals surface area contributed by atoms with Crippen molar-refractivity contribution < 1.29 is 38.0 Å². The largest absolute Gasteiger partial charge is 0.508 e. The Morgan fingerprint density at radius 2 is 1.97 bits per heavy atom. The van der Waals surface area contributed by atoms with Crippen molar-refractivity contribution in [2.45, 2.75) is 64.0 Å². The van der Waals surface area contributed by atoms with Crippen LogP contribution in [0.3, 0.4) is 0 Å². The fourth-order valence-corrected chi connectivity index (χ4v) is 10.2. The molecule has 2 aliphatic carbocycles. The first-order valence-corrected chi connectivity index (χ1v) is 20.2. The smallest absolute Gasteiger partial charge is 0.319 e. The van der Waals surface area contributed by atoms with Crippen LogP contribution >= 0.6 is 0 Å². The number of aliphatic hydroxyl groups is 1. The van der Waals surface area contributed by atoms with Crippen molar-refractivity contribution in [3.8, 4) is 41.2 Å². The van der Waals surface area contributed by atoms with Gasteiger partial charge in [0.2, 0.25) is 11.8 Å². The number of nitrogens with zero attached hydrogens (tertiary/aromatic N) is 6. The van der Waals surface area contributed by atoms with Crippen LogP contribution in [0.25, 0.3) is 32.9 Å². The summed E-state index contributed by atoms with van der Waals surface area (Å²) in [7, 11) is 1.40. The van der Waals surface area contributed by atoms with Crippen LogP contribution in [0.5, 0.6) is 17.6 Å². The third kappa shape index (κ3) is 6.57. The first-order chi connectivity index (χ1) is 27.9. The number of piperidine rings is 1. The number of aromatic hydroxyl groups is 1. The van der Waals surface area contributed by atoms with Gasteiger partial charge < -0.3 is 34.2 Å². The van der Waals surface area contributed by atoms with E-state index in [1.54, 1.807) is 11.8 Å². The summed E-state index contributed by atoms with van der Waals surface area (Å²) in [6, 6.07) is 5.64. The number of likely N-dealkylation sites (tertiary alicyclic amines) is 1. The number of anilines is 1. The number of phenolic OH excluding ortho intramolecular Hbond substituents is 1. The number of carbonyl (C=O) groups excluding carboxylic acids is 1.